The lowest BCUT2D eigenvalue weighted by Crippen LogP contribution is -2.43. The van der Waals surface area contributed by atoms with Gasteiger partial charge in [0.05, 0.1) is 0 Å². The molecule has 0 radical (unpaired) electrons. The fourth-order valence-corrected chi connectivity index (χ4v) is 2.97. The number of nitrogens with zero attached hydrogens (tertiary/aromatic N) is 2. The number of halogens is 2. The molecule has 1 aliphatic rings. The Morgan fingerprint density at radius 3 is 2.52 bits per heavy atom. The average Bonchev–Trinajstić information content (AvgIpc) is 2.59. The second-order valence-corrected chi connectivity index (χ2v) is 5.98. The molecule has 1 heterocycles. The first kappa shape index (κ1) is 17.5. The summed E-state index contributed by atoms with van der Waals surface area (Å²) >= 11 is 0. The highest BCUT2D eigenvalue weighted by Gasteiger charge is 2.23. The quantitative estimate of drug-likeness (QED) is 0.722. The SMILES string of the molecule is Cc1cc(OC(CF)CF)ccc1N(C)C1CCN(C=O)CC1. The first-order valence-electron chi connectivity index (χ1n) is 7.90. The van der Waals surface area contributed by atoms with Crippen molar-refractivity contribution in [1.29, 1.82) is 0 Å². The van der Waals surface area contributed by atoms with E-state index in [1.165, 1.54) is 0 Å². The zero-order valence-electron chi connectivity index (χ0n) is 13.7. The van der Waals surface area contributed by atoms with Crippen LogP contribution in [0.5, 0.6) is 5.75 Å². The third-order valence-corrected chi connectivity index (χ3v) is 4.39. The van der Waals surface area contributed by atoms with E-state index < -0.39 is 19.5 Å². The molecule has 0 bridgehead atoms. The smallest absolute Gasteiger partial charge is 0.209 e. The number of likely N-dealkylation sites (tertiary alicyclic amines) is 1. The minimum absolute atomic E-state index is 0.376. The van der Waals surface area contributed by atoms with Gasteiger partial charge in [0.15, 0.2) is 6.10 Å². The van der Waals surface area contributed by atoms with Crippen LogP contribution in [0.25, 0.3) is 0 Å². The minimum atomic E-state index is -1.04. The van der Waals surface area contributed by atoms with Crippen molar-refractivity contribution in [3.05, 3.63) is 23.8 Å². The third kappa shape index (κ3) is 4.33. The number of piperidine rings is 1. The zero-order valence-corrected chi connectivity index (χ0v) is 13.7. The van der Waals surface area contributed by atoms with Gasteiger partial charge in [0.1, 0.15) is 19.1 Å². The Bertz CT molecular complexity index is 515. The van der Waals surface area contributed by atoms with Crippen molar-refractivity contribution >= 4 is 12.1 Å². The van der Waals surface area contributed by atoms with Crippen LogP contribution in [-0.2, 0) is 4.79 Å². The minimum Gasteiger partial charge on any atom is -0.485 e. The fourth-order valence-electron chi connectivity index (χ4n) is 2.97. The number of amides is 1. The van der Waals surface area contributed by atoms with Crippen molar-refractivity contribution < 1.29 is 18.3 Å². The molecular weight excluding hydrogens is 302 g/mol. The number of rotatable bonds is 7. The van der Waals surface area contributed by atoms with E-state index in [4.69, 9.17) is 4.74 Å². The van der Waals surface area contributed by atoms with E-state index in [0.29, 0.717) is 11.8 Å². The van der Waals surface area contributed by atoms with Crippen molar-refractivity contribution in [2.75, 3.05) is 38.4 Å². The Hall–Kier alpha value is -1.85. The van der Waals surface area contributed by atoms with Crippen LogP contribution in [0.1, 0.15) is 18.4 Å². The summed E-state index contributed by atoms with van der Waals surface area (Å²) < 4.78 is 30.4. The molecule has 1 amide bonds. The zero-order chi connectivity index (χ0) is 16.8. The van der Waals surface area contributed by atoms with E-state index in [-0.39, 0.29) is 0 Å². The number of alkyl halides is 2. The predicted molar refractivity (Wildman–Crippen MR) is 86.6 cm³/mol. The molecule has 1 aromatic rings. The molecule has 0 spiro atoms. The predicted octanol–water partition coefficient (Wildman–Crippen LogP) is 2.74. The Morgan fingerprint density at radius 2 is 2.00 bits per heavy atom. The van der Waals surface area contributed by atoms with Gasteiger partial charge in [-0.1, -0.05) is 0 Å². The fraction of sp³-hybridized carbons (Fsp3) is 0.588. The van der Waals surface area contributed by atoms with Crippen LogP contribution in [0.2, 0.25) is 0 Å². The number of hydrogen-bond acceptors (Lipinski definition) is 3. The molecule has 2 rings (SSSR count). The van der Waals surface area contributed by atoms with Gasteiger partial charge in [-0.25, -0.2) is 8.78 Å². The van der Waals surface area contributed by atoms with E-state index in [2.05, 4.69) is 4.90 Å². The maximum absolute atomic E-state index is 12.6. The summed E-state index contributed by atoms with van der Waals surface area (Å²) in [6.45, 7) is 1.82. The number of hydrogen-bond donors (Lipinski definition) is 0. The first-order chi connectivity index (χ1) is 11.1. The second-order valence-electron chi connectivity index (χ2n) is 5.98. The number of carbonyl (C=O) groups excluding carboxylic acids is 1. The maximum Gasteiger partial charge on any atom is 0.209 e. The van der Waals surface area contributed by atoms with Crippen LogP contribution in [0.4, 0.5) is 14.5 Å². The van der Waals surface area contributed by atoms with E-state index in [9.17, 15) is 13.6 Å². The normalized spacial score (nSPS) is 15.8. The molecule has 1 fully saturated rings. The van der Waals surface area contributed by atoms with Gasteiger partial charge in [-0.3, -0.25) is 4.79 Å². The summed E-state index contributed by atoms with van der Waals surface area (Å²) in [6.07, 6.45) is 1.72. The summed E-state index contributed by atoms with van der Waals surface area (Å²) in [6, 6.07) is 5.85. The molecule has 0 aliphatic carbocycles. The van der Waals surface area contributed by atoms with Crippen molar-refractivity contribution in [2.45, 2.75) is 31.9 Å². The van der Waals surface area contributed by atoms with Gasteiger partial charge in [-0.2, -0.15) is 0 Å². The molecule has 1 aliphatic heterocycles. The molecule has 0 saturated carbocycles. The van der Waals surface area contributed by atoms with Crippen LogP contribution in [0.15, 0.2) is 18.2 Å². The lowest BCUT2D eigenvalue weighted by atomic mass is 10.0. The van der Waals surface area contributed by atoms with Gasteiger partial charge in [-0.15, -0.1) is 0 Å². The summed E-state index contributed by atoms with van der Waals surface area (Å²) in [7, 11) is 2.04. The Labute approximate surface area is 136 Å². The number of aryl methyl sites for hydroxylation is 1. The molecule has 1 saturated heterocycles. The highest BCUT2D eigenvalue weighted by Crippen LogP contribution is 2.28. The van der Waals surface area contributed by atoms with Gasteiger partial charge in [0.2, 0.25) is 6.41 Å². The van der Waals surface area contributed by atoms with Crippen LogP contribution >= 0.6 is 0 Å². The molecule has 0 aromatic heterocycles. The van der Waals surface area contributed by atoms with E-state index in [1.807, 2.05) is 26.1 Å². The summed E-state index contributed by atoms with van der Waals surface area (Å²) in [5.41, 5.74) is 2.07. The lowest BCUT2D eigenvalue weighted by molar-refractivity contribution is -0.119. The van der Waals surface area contributed by atoms with Crippen molar-refractivity contribution in [3.8, 4) is 5.75 Å². The molecule has 1 aromatic carbocycles. The number of carbonyl (C=O) groups is 1. The Balaban J connectivity index is 2.03. The number of ether oxygens (including phenoxy) is 1. The van der Waals surface area contributed by atoms with Crippen LogP contribution < -0.4 is 9.64 Å². The standard InChI is InChI=1S/C17H24F2N2O2/c1-13-9-15(23-16(10-18)11-19)3-4-17(13)20(2)14-5-7-21(12-22)8-6-14/h3-4,9,12,14,16H,5-8,10-11H2,1-2H3. The molecule has 23 heavy (non-hydrogen) atoms. The van der Waals surface area contributed by atoms with Gasteiger partial charge >= 0.3 is 0 Å². The highest BCUT2D eigenvalue weighted by atomic mass is 19.1. The number of benzene rings is 1. The van der Waals surface area contributed by atoms with Crippen LogP contribution in [0.3, 0.4) is 0 Å². The molecule has 0 N–H and O–H groups in total. The van der Waals surface area contributed by atoms with Crippen molar-refractivity contribution in [1.82, 2.24) is 4.90 Å². The average molecular weight is 326 g/mol. The van der Waals surface area contributed by atoms with Gasteiger partial charge < -0.3 is 14.5 Å². The van der Waals surface area contributed by atoms with Crippen LogP contribution in [0, 0.1) is 6.92 Å². The molecule has 0 unspecified atom stereocenters. The van der Waals surface area contributed by atoms with Crippen LogP contribution in [-0.4, -0.2) is 56.9 Å². The Kier molecular flexibility index (Phi) is 6.19. The summed E-state index contributed by atoms with van der Waals surface area (Å²) in [4.78, 5) is 14.8. The summed E-state index contributed by atoms with van der Waals surface area (Å²) in [5.74, 6) is 0.482. The largest absolute Gasteiger partial charge is 0.485 e. The molecule has 0 atom stereocenters. The molecular formula is C17H24F2N2O2. The second kappa shape index (κ2) is 8.13. The van der Waals surface area contributed by atoms with E-state index in [1.54, 1.807) is 11.0 Å². The molecule has 4 nitrogen and oxygen atoms in total. The van der Waals surface area contributed by atoms with Gasteiger partial charge in [-0.05, 0) is 43.5 Å². The molecule has 6 heteroatoms. The Morgan fingerprint density at radius 1 is 1.35 bits per heavy atom. The van der Waals surface area contributed by atoms with Crippen molar-refractivity contribution in [2.24, 2.45) is 0 Å². The summed E-state index contributed by atoms with van der Waals surface area (Å²) in [5, 5.41) is 0. The monoisotopic (exact) mass is 326 g/mol. The topological polar surface area (TPSA) is 32.8 Å². The lowest BCUT2D eigenvalue weighted by Gasteiger charge is -2.37. The van der Waals surface area contributed by atoms with E-state index in [0.717, 1.165) is 43.6 Å². The maximum atomic E-state index is 12.6. The first-order valence-corrected chi connectivity index (χ1v) is 7.90. The van der Waals surface area contributed by atoms with E-state index >= 15 is 0 Å². The third-order valence-electron chi connectivity index (χ3n) is 4.39. The van der Waals surface area contributed by atoms with Gasteiger partial charge in [0.25, 0.3) is 0 Å². The molecule has 128 valence electrons. The van der Waals surface area contributed by atoms with Gasteiger partial charge in [0, 0.05) is 31.9 Å². The van der Waals surface area contributed by atoms with Crippen molar-refractivity contribution in [3.63, 3.8) is 0 Å². The number of anilines is 1. The highest BCUT2D eigenvalue weighted by molar-refractivity contribution is 5.56.